The van der Waals surface area contributed by atoms with Crippen molar-refractivity contribution in [3.8, 4) is 0 Å². The van der Waals surface area contributed by atoms with E-state index in [1.165, 1.54) is 16.9 Å². The number of hydrogen-bond donors (Lipinski definition) is 0. The molecule has 1 aliphatic heterocycles. The minimum absolute atomic E-state index is 0.0197. The largest absolute Gasteiger partial charge is 0.376 e. The fourth-order valence-electron chi connectivity index (χ4n) is 4.14. The van der Waals surface area contributed by atoms with Crippen LogP contribution in [0.1, 0.15) is 39.2 Å². The summed E-state index contributed by atoms with van der Waals surface area (Å²) in [4.78, 5) is 15.9. The van der Waals surface area contributed by atoms with Gasteiger partial charge < -0.3 is 9.64 Å². The summed E-state index contributed by atoms with van der Waals surface area (Å²) in [5.74, 6) is 0.0197. The molecule has 1 amide bonds. The zero-order valence-corrected chi connectivity index (χ0v) is 17.9. The average Bonchev–Trinajstić information content (AvgIpc) is 3.52. The van der Waals surface area contributed by atoms with Crippen molar-refractivity contribution in [2.45, 2.75) is 39.3 Å². The number of rotatable bonds is 5. The molecule has 5 rings (SSSR count). The monoisotopic (exact) mass is 421 g/mol. The van der Waals surface area contributed by atoms with Crippen molar-refractivity contribution in [3.63, 3.8) is 0 Å². The molecular formula is C22H23N5O2S. The Bertz CT molecular complexity index is 1210. The van der Waals surface area contributed by atoms with E-state index in [2.05, 4.69) is 47.6 Å². The second-order valence-corrected chi connectivity index (χ2v) is 8.77. The Kier molecular flexibility index (Phi) is 4.96. The van der Waals surface area contributed by atoms with Gasteiger partial charge in [-0.15, -0.1) is 16.4 Å². The molecule has 0 spiro atoms. The van der Waals surface area contributed by atoms with E-state index in [4.69, 9.17) is 4.74 Å². The van der Waals surface area contributed by atoms with Crippen LogP contribution < -0.4 is 0 Å². The Morgan fingerprint density at radius 1 is 1.33 bits per heavy atom. The summed E-state index contributed by atoms with van der Waals surface area (Å²) in [7, 11) is 0. The third-order valence-corrected chi connectivity index (χ3v) is 6.72. The van der Waals surface area contributed by atoms with Gasteiger partial charge in [0.2, 0.25) is 0 Å². The molecule has 0 radical (unpaired) electrons. The molecular weight excluding hydrogens is 398 g/mol. The Balaban J connectivity index is 1.57. The smallest absolute Gasteiger partial charge is 0.264 e. The lowest BCUT2D eigenvalue weighted by Gasteiger charge is -2.25. The first-order valence-corrected chi connectivity index (χ1v) is 11.0. The standard InChI is InChI=1S/C22H23N5O2S/c1-14-7-8-16-11-17(21-23-24-25-27(21)20(16)15(14)2)12-26(13-18-5-3-9-29-18)22(28)19-6-4-10-30-19/h4,6-8,10-11,18H,3,5,9,12-13H2,1-2H3/t18-/m1/s1. The van der Waals surface area contributed by atoms with Gasteiger partial charge in [0.15, 0.2) is 5.65 Å². The highest BCUT2D eigenvalue weighted by molar-refractivity contribution is 7.12. The molecule has 154 valence electrons. The van der Waals surface area contributed by atoms with Gasteiger partial charge in [0, 0.05) is 30.6 Å². The van der Waals surface area contributed by atoms with E-state index in [1.807, 2.05) is 22.4 Å². The summed E-state index contributed by atoms with van der Waals surface area (Å²) in [6, 6.07) is 10.1. The van der Waals surface area contributed by atoms with Crippen LogP contribution in [0.5, 0.6) is 0 Å². The van der Waals surface area contributed by atoms with Crippen molar-refractivity contribution in [1.82, 2.24) is 24.9 Å². The third-order valence-electron chi connectivity index (χ3n) is 5.86. The second kappa shape index (κ2) is 7.77. The van der Waals surface area contributed by atoms with Gasteiger partial charge in [-0.25, -0.2) is 0 Å². The number of thiophene rings is 1. The number of aromatic nitrogens is 4. The lowest BCUT2D eigenvalue weighted by molar-refractivity contribution is 0.0511. The molecule has 1 saturated heterocycles. The van der Waals surface area contributed by atoms with Gasteiger partial charge >= 0.3 is 0 Å². The lowest BCUT2D eigenvalue weighted by atomic mass is 10.0. The summed E-state index contributed by atoms with van der Waals surface area (Å²) in [6.07, 6.45) is 2.09. The zero-order chi connectivity index (χ0) is 20.7. The van der Waals surface area contributed by atoms with Gasteiger partial charge in [-0.1, -0.05) is 18.2 Å². The quantitative estimate of drug-likeness (QED) is 0.490. The molecule has 3 aromatic heterocycles. The molecule has 0 aliphatic carbocycles. The molecule has 4 aromatic rings. The minimum Gasteiger partial charge on any atom is -0.376 e. The summed E-state index contributed by atoms with van der Waals surface area (Å²) in [5, 5.41) is 15.4. The average molecular weight is 422 g/mol. The Morgan fingerprint density at radius 2 is 2.23 bits per heavy atom. The number of nitrogens with zero attached hydrogens (tertiary/aromatic N) is 5. The third kappa shape index (κ3) is 3.36. The normalized spacial score (nSPS) is 16.5. The van der Waals surface area contributed by atoms with Crippen LogP contribution in [0, 0.1) is 13.8 Å². The van der Waals surface area contributed by atoms with Crippen molar-refractivity contribution in [1.29, 1.82) is 0 Å². The van der Waals surface area contributed by atoms with Crippen LogP contribution in [0.25, 0.3) is 16.6 Å². The highest BCUT2D eigenvalue weighted by Gasteiger charge is 2.25. The highest BCUT2D eigenvalue weighted by Crippen LogP contribution is 2.26. The number of carbonyl (C=O) groups is 1. The number of hydrogen-bond acceptors (Lipinski definition) is 6. The second-order valence-electron chi connectivity index (χ2n) is 7.83. The Morgan fingerprint density at radius 3 is 3.00 bits per heavy atom. The SMILES string of the molecule is Cc1ccc2cc(CN(C[C@H]3CCCO3)C(=O)c3cccs3)c3nnnn3c2c1C. The number of fused-ring (bicyclic) bond motifs is 3. The number of amides is 1. The number of aryl methyl sites for hydroxylation is 2. The van der Waals surface area contributed by atoms with Crippen LogP contribution in [-0.4, -0.2) is 50.1 Å². The fraction of sp³-hybridized carbons (Fsp3) is 0.364. The summed E-state index contributed by atoms with van der Waals surface area (Å²) in [6.45, 7) is 5.93. The zero-order valence-electron chi connectivity index (χ0n) is 17.0. The Hall–Kier alpha value is -2.84. The van der Waals surface area contributed by atoms with Crippen molar-refractivity contribution >= 4 is 33.8 Å². The van der Waals surface area contributed by atoms with E-state index in [0.29, 0.717) is 18.7 Å². The van der Waals surface area contributed by atoms with Crippen LogP contribution in [0.15, 0.2) is 35.7 Å². The molecule has 0 bridgehead atoms. The molecule has 7 nitrogen and oxygen atoms in total. The first-order valence-electron chi connectivity index (χ1n) is 10.2. The van der Waals surface area contributed by atoms with E-state index in [0.717, 1.165) is 46.4 Å². The van der Waals surface area contributed by atoms with Gasteiger partial charge in [-0.2, -0.15) is 4.52 Å². The molecule has 1 fully saturated rings. The Labute approximate surface area is 178 Å². The maximum Gasteiger partial charge on any atom is 0.264 e. The van der Waals surface area contributed by atoms with Crippen LogP contribution >= 0.6 is 11.3 Å². The van der Waals surface area contributed by atoms with E-state index < -0.39 is 0 Å². The molecule has 4 heterocycles. The maximum absolute atomic E-state index is 13.3. The van der Waals surface area contributed by atoms with Crippen LogP contribution in [-0.2, 0) is 11.3 Å². The summed E-state index contributed by atoms with van der Waals surface area (Å²) < 4.78 is 7.62. The minimum atomic E-state index is 0.0197. The molecule has 30 heavy (non-hydrogen) atoms. The maximum atomic E-state index is 13.3. The van der Waals surface area contributed by atoms with E-state index in [-0.39, 0.29) is 12.0 Å². The van der Waals surface area contributed by atoms with E-state index in [1.54, 1.807) is 4.52 Å². The van der Waals surface area contributed by atoms with E-state index >= 15 is 0 Å². The molecule has 1 aromatic carbocycles. The van der Waals surface area contributed by atoms with Crippen LogP contribution in [0.2, 0.25) is 0 Å². The van der Waals surface area contributed by atoms with Gasteiger partial charge in [0.1, 0.15) is 0 Å². The number of carbonyl (C=O) groups excluding carboxylic acids is 1. The van der Waals surface area contributed by atoms with Crippen molar-refractivity contribution in [2.75, 3.05) is 13.2 Å². The summed E-state index contributed by atoms with van der Waals surface area (Å²) in [5.41, 5.74) is 4.97. The predicted octanol–water partition coefficient (Wildman–Crippen LogP) is 3.78. The van der Waals surface area contributed by atoms with Gasteiger partial charge in [-0.05, 0) is 65.8 Å². The van der Waals surface area contributed by atoms with Crippen molar-refractivity contribution < 1.29 is 9.53 Å². The molecule has 0 N–H and O–H groups in total. The van der Waals surface area contributed by atoms with Gasteiger partial charge in [0.25, 0.3) is 5.91 Å². The highest BCUT2D eigenvalue weighted by atomic mass is 32.1. The predicted molar refractivity (Wildman–Crippen MR) is 116 cm³/mol. The molecule has 1 atom stereocenters. The first-order chi connectivity index (χ1) is 14.6. The number of ether oxygens (including phenoxy) is 1. The molecule has 8 heteroatoms. The van der Waals surface area contributed by atoms with E-state index in [9.17, 15) is 4.79 Å². The molecule has 1 aliphatic rings. The lowest BCUT2D eigenvalue weighted by Crippen LogP contribution is -2.36. The fourth-order valence-corrected chi connectivity index (χ4v) is 4.83. The number of pyridine rings is 1. The van der Waals surface area contributed by atoms with Crippen LogP contribution in [0.3, 0.4) is 0 Å². The number of tetrazole rings is 1. The van der Waals surface area contributed by atoms with Gasteiger partial charge in [0.05, 0.1) is 16.5 Å². The van der Waals surface area contributed by atoms with Crippen molar-refractivity contribution in [2.24, 2.45) is 0 Å². The number of benzene rings is 1. The summed E-state index contributed by atoms with van der Waals surface area (Å²) >= 11 is 1.46. The first kappa shape index (κ1) is 19.1. The van der Waals surface area contributed by atoms with Crippen LogP contribution in [0.4, 0.5) is 0 Å². The van der Waals surface area contributed by atoms with Gasteiger partial charge in [-0.3, -0.25) is 4.79 Å². The molecule has 0 saturated carbocycles. The van der Waals surface area contributed by atoms with Crippen molar-refractivity contribution in [3.05, 3.63) is 57.3 Å². The topological polar surface area (TPSA) is 72.6 Å². The molecule has 0 unspecified atom stereocenters.